The summed E-state index contributed by atoms with van der Waals surface area (Å²) in [5, 5.41) is 2.26. The Balaban J connectivity index is 2.21. The third kappa shape index (κ3) is 3.28. The van der Waals surface area contributed by atoms with E-state index in [2.05, 4.69) is 29.3 Å². The highest BCUT2D eigenvalue weighted by Crippen LogP contribution is 2.24. The van der Waals surface area contributed by atoms with Crippen LogP contribution in [-0.2, 0) is 10.0 Å². The van der Waals surface area contributed by atoms with Crippen molar-refractivity contribution in [3.05, 3.63) is 24.3 Å². The van der Waals surface area contributed by atoms with E-state index in [0.29, 0.717) is 29.6 Å². The standard InChI is InChI=1S/C13H16N2O2S2/c1-11-6-8-15(9-7-11)19(16,17)13-4-2-12(3-5-13)14-10-18/h2-5,11H,6-9H2,1H3. The lowest BCUT2D eigenvalue weighted by Gasteiger charge is -2.29. The van der Waals surface area contributed by atoms with Crippen LogP contribution in [0, 0.1) is 5.92 Å². The Labute approximate surface area is 119 Å². The van der Waals surface area contributed by atoms with Crippen LogP contribution >= 0.6 is 12.2 Å². The van der Waals surface area contributed by atoms with Gasteiger partial charge in [0.05, 0.1) is 15.7 Å². The molecule has 0 radical (unpaired) electrons. The van der Waals surface area contributed by atoms with Gasteiger partial charge in [-0.25, -0.2) is 8.42 Å². The number of aliphatic imine (C=N–C) groups is 1. The highest BCUT2D eigenvalue weighted by atomic mass is 32.2. The number of nitrogens with zero attached hydrogens (tertiary/aromatic N) is 2. The van der Waals surface area contributed by atoms with Gasteiger partial charge in [-0.2, -0.15) is 9.30 Å². The molecule has 6 heteroatoms. The molecule has 0 spiro atoms. The van der Waals surface area contributed by atoms with E-state index < -0.39 is 10.0 Å². The van der Waals surface area contributed by atoms with Crippen LogP contribution in [0.1, 0.15) is 19.8 Å². The van der Waals surface area contributed by atoms with E-state index >= 15 is 0 Å². The van der Waals surface area contributed by atoms with Gasteiger partial charge in [0, 0.05) is 13.1 Å². The average Bonchev–Trinajstić information content (AvgIpc) is 2.40. The summed E-state index contributed by atoms with van der Waals surface area (Å²) in [6.45, 7) is 3.36. The van der Waals surface area contributed by atoms with E-state index in [1.807, 2.05) is 0 Å². The summed E-state index contributed by atoms with van der Waals surface area (Å²) in [6.07, 6.45) is 1.85. The summed E-state index contributed by atoms with van der Waals surface area (Å²) >= 11 is 4.51. The molecule has 0 N–H and O–H groups in total. The van der Waals surface area contributed by atoms with Gasteiger partial charge >= 0.3 is 0 Å². The van der Waals surface area contributed by atoms with E-state index in [0.717, 1.165) is 12.8 Å². The molecule has 102 valence electrons. The van der Waals surface area contributed by atoms with Gasteiger partial charge < -0.3 is 0 Å². The van der Waals surface area contributed by atoms with E-state index in [4.69, 9.17) is 0 Å². The molecule has 0 bridgehead atoms. The minimum Gasteiger partial charge on any atom is -0.207 e. The Hall–Kier alpha value is -1.07. The molecule has 0 unspecified atom stereocenters. The number of thiocarbonyl (C=S) groups is 1. The van der Waals surface area contributed by atoms with Crippen LogP contribution in [0.5, 0.6) is 0 Å². The fourth-order valence-electron chi connectivity index (χ4n) is 2.12. The molecule has 0 amide bonds. The Morgan fingerprint density at radius 3 is 2.37 bits per heavy atom. The van der Waals surface area contributed by atoms with Gasteiger partial charge in [-0.05, 0) is 55.2 Å². The molecular formula is C13H16N2O2S2. The van der Waals surface area contributed by atoms with Gasteiger partial charge in [-0.15, -0.1) is 0 Å². The van der Waals surface area contributed by atoms with Crippen LogP contribution in [0.2, 0.25) is 0 Å². The van der Waals surface area contributed by atoms with E-state index in [1.54, 1.807) is 28.6 Å². The maximum absolute atomic E-state index is 12.4. The molecule has 0 saturated carbocycles. The fraction of sp³-hybridized carbons (Fsp3) is 0.462. The lowest BCUT2D eigenvalue weighted by molar-refractivity contribution is 0.288. The number of hydrogen-bond acceptors (Lipinski definition) is 4. The molecule has 19 heavy (non-hydrogen) atoms. The second kappa shape index (κ2) is 5.92. The van der Waals surface area contributed by atoms with Gasteiger partial charge in [-0.3, -0.25) is 0 Å². The number of sulfonamides is 1. The van der Waals surface area contributed by atoms with Crippen molar-refractivity contribution in [3.8, 4) is 0 Å². The van der Waals surface area contributed by atoms with Gasteiger partial charge in [0.15, 0.2) is 0 Å². The number of rotatable bonds is 3. The monoisotopic (exact) mass is 296 g/mol. The summed E-state index contributed by atoms with van der Waals surface area (Å²) < 4.78 is 26.4. The molecular weight excluding hydrogens is 280 g/mol. The van der Waals surface area contributed by atoms with Crippen molar-refractivity contribution in [2.45, 2.75) is 24.7 Å². The molecule has 1 aliphatic heterocycles. The Bertz CT molecular complexity index is 582. The van der Waals surface area contributed by atoms with Gasteiger partial charge in [-0.1, -0.05) is 6.92 Å². The summed E-state index contributed by atoms with van der Waals surface area (Å²) in [6, 6.07) is 6.41. The molecule has 1 aromatic carbocycles. The normalized spacial score (nSPS) is 17.9. The molecule has 1 heterocycles. The molecule has 1 aromatic rings. The second-order valence-corrected chi connectivity index (χ2v) is 6.90. The number of benzene rings is 1. The SMILES string of the molecule is CC1CCN(S(=O)(=O)c2ccc(N=C=S)cc2)CC1. The highest BCUT2D eigenvalue weighted by molar-refractivity contribution is 7.89. The van der Waals surface area contributed by atoms with Crippen molar-refractivity contribution < 1.29 is 8.42 Å². The van der Waals surface area contributed by atoms with Crippen LogP contribution in [-0.4, -0.2) is 31.0 Å². The first-order valence-electron chi connectivity index (χ1n) is 6.22. The summed E-state index contributed by atoms with van der Waals surface area (Å²) in [7, 11) is -3.37. The summed E-state index contributed by atoms with van der Waals surface area (Å²) in [5.74, 6) is 0.603. The van der Waals surface area contributed by atoms with Crippen molar-refractivity contribution in [2.24, 2.45) is 10.9 Å². The van der Waals surface area contributed by atoms with Crippen LogP contribution < -0.4 is 0 Å². The Morgan fingerprint density at radius 2 is 1.84 bits per heavy atom. The number of hydrogen-bond donors (Lipinski definition) is 0. The molecule has 0 aromatic heterocycles. The van der Waals surface area contributed by atoms with Crippen molar-refractivity contribution in [1.82, 2.24) is 4.31 Å². The molecule has 0 aliphatic carbocycles. The third-order valence-electron chi connectivity index (χ3n) is 3.39. The lowest BCUT2D eigenvalue weighted by atomic mass is 10.0. The summed E-state index contributed by atoms with van der Waals surface area (Å²) in [5.41, 5.74) is 0.612. The highest BCUT2D eigenvalue weighted by Gasteiger charge is 2.27. The first kappa shape index (κ1) is 14.3. The topological polar surface area (TPSA) is 49.7 Å². The Kier molecular flexibility index (Phi) is 4.47. The smallest absolute Gasteiger partial charge is 0.207 e. The maximum atomic E-state index is 12.4. The minimum absolute atomic E-state index is 0.311. The largest absolute Gasteiger partial charge is 0.243 e. The predicted octanol–water partition coefficient (Wildman–Crippen LogP) is 2.84. The van der Waals surface area contributed by atoms with Crippen LogP contribution in [0.4, 0.5) is 5.69 Å². The van der Waals surface area contributed by atoms with Crippen molar-refractivity contribution in [2.75, 3.05) is 13.1 Å². The van der Waals surface area contributed by atoms with Crippen LogP contribution in [0.15, 0.2) is 34.2 Å². The van der Waals surface area contributed by atoms with Crippen LogP contribution in [0.3, 0.4) is 0 Å². The second-order valence-electron chi connectivity index (χ2n) is 4.78. The quantitative estimate of drug-likeness (QED) is 0.636. The molecule has 4 nitrogen and oxygen atoms in total. The van der Waals surface area contributed by atoms with Crippen LogP contribution in [0.25, 0.3) is 0 Å². The molecule has 1 fully saturated rings. The van der Waals surface area contributed by atoms with Gasteiger partial charge in [0.2, 0.25) is 10.0 Å². The van der Waals surface area contributed by atoms with E-state index in [9.17, 15) is 8.42 Å². The van der Waals surface area contributed by atoms with E-state index in [1.165, 1.54) is 0 Å². The van der Waals surface area contributed by atoms with Crippen molar-refractivity contribution >= 4 is 33.1 Å². The predicted molar refractivity (Wildman–Crippen MR) is 78.3 cm³/mol. The maximum Gasteiger partial charge on any atom is 0.243 e. The fourth-order valence-corrected chi connectivity index (χ4v) is 3.69. The van der Waals surface area contributed by atoms with Gasteiger partial charge in [0.1, 0.15) is 0 Å². The molecule has 2 rings (SSSR count). The molecule has 1 saturated heterocycles. The number of piperidine rings is 1. The van der Waals surface area contributed by atoms with Crippen molar-refractivity contribution in [1.29, 1.82) is 0 Å². The minimum atomic E-state index is -3.37. The molecule has 1 aliphatic rings. The zero-order chi connectivity index (χ0) is 13.9. The average molecular weight is 296 g/mol. The number of isothiocyanates is 1. The molecule has 0 atom stereocenters. The zero-order valence-corrected chi connectivity index (χ0v) is 12.4. The third-order valence-corrected chi connectivity index (χ3v) is 5.40. The van der Waals surface area contributed by atoms with E-state index in [-0.39, 0.29) is 0 Å². The summed E-state index contributed by atoms with van der Waals surface area (Å²) in [4.78, 5) is 4.12. The van der Waals surface area contributed by atoms with Crippen molar-refractivity contribution in [3.63, 3.8) is 0 Å². The first-order valence-corrected chi connectivity index (χ1v) is 8.07. The van der Waals surface area contributed by atoms with Gasteiger partial charge in [0.25, 0.3) is 0 Å². The Morgan fingerprint density at radius 1 is 1.26 bits per heavy atom. The zero-order valence-electron chi connectivity index (χ0n) is 10.7. The first-order chi connectivity index (χ1) is 9.04. The lowest BCUT2D eigenvalue weighted by Crippen LogP contribution is -2.37.